The second kappa shape index (κ2) is 8.82. The van der Waals surface area contributed by atoms with Gasteiger partial charge in [-0.25, -0.2) is 0 Å². The third-order valence-corrected chi connectivity index (χ3v) is 6.00. The minimum atomic E-state index is -4.33. The average Bonchev–Trinajstić information content (AvgIpc) is 2.55. The monoisotopic (exact) mass is 404 g/mol. The molecule has 2 aliphatic carbocycles. The molecule has 0 radical (unpaired) electrons. The van der Waals surface area contributed by atoms with Crippen LogP contribution in [-0.4, -0.2) is 18.0 Å². The highest BCUT2D eigenvalue weighted by Gasteiger charge is 2.40. The highest BCUT2D eigenvalue weighted by Crippen LogP contribution is 2.40. The van der Waals surface area contributed by atoms with Crippen LogP contribution < -0.4 is 11.1 Å². The number of fused-ring (bicyclic) bond motifs is 2. The Morgan fingerprint density at radius 1 is 1.19 bits per heavy atom. The molecule has 7 heteroatoms. The summed E-state index contributed by atoms with van der Waals surface area (Å²) in [6.45, 7) is 1.87. The van der Waals surface area contributed by atoms with Crippen LogP contribution in [0.15, 0.2) is 24.3 Å². The molecule has 3 atom stereocenters. The normalized spacial score (nSPS) is 28.8. The van der Waals surface area contributed by atoms with Crippen molar-refractivity contribution >= 4 is 18.3 Å². The maximum atomic E-state index is 12.7. The van der Waals surface area contributed by atoms with Gasteiger partial charge in [0.25, 0.3) is 0 Å². The van der Waals surface area contributed by atoms with Crippen LogP contribution in [0.25, 0.3) is 0 Å². The number of hydrogen-bond acceptors (Lipinski definition) is 2. The first kappa shape index (κ1) is 22.0. The Hall–Kier alpha value is -1.27. The van der Waals surface area contributed by atoms with Gasteiger partial charge in [-0.3, -0.25) is 4.79 Å². The van der Waals surface area contributed by atoms with E-state index in [-0.39, 0.29) is 42.7 Å². The topological polar surface area (TPSA) is 55.1 Å². The lowest BCUT2D eigenvalue weighted by atomic mass is 9.67. The van der Waals surface area contributed by atoms with Gasteiger partial charge in [-0.2, -0.15) is 13.2 Å². The minimum Gasteiger partial charge on any atom is -0.353 e. The molecule has 152 valence electrons. The molecule has 1 aromatic rings. The van der Waals surface area contributed by atoms with Crippen LogP contribution in [0, 0.1) is 11.8 Å². The van der Waals surface area contributed by atoms with Crippen LogP contribution in [0.1, 0.15) is 62.5 Å². The van der Waals surface area contributed by atoms with Crippen LogP contribution in [0.5, 0.6) is 0 Å². The van der Waals surface area contributed by atoms with Crippen LogP contribution in [0.2, 0.25) is 0 Å². The van der Waals surface area contributed by atoms with Gasteiger partial charge in [-0.05, 0) is 61.1 Å². The molecule has 27 heavy (non-hydrogen) atoms. The van der Waals surface area contributed by atoms with E-state index in [4.69, 9.17) is 5.73 Å². The maximum absolute atomic E-state index is 12.7. The molecule has 2 saturated carbocycles. The van der Waals surface area contributed by atoms with Crippen molar-refractivity contribution in [1.82, 2.24) is 5.32 Å². The van der Waals surface area contributed by atoms with Crippen molar-refractivity contribution in [3.05, 3.63) is 35.4 Å². The summed E-state index contributed by atoms with van der Waals surface area (Å²) < 4.78 is 38.0. The molecule has 1 aromatic carbocycles. The van der Waals surface area contributed by atoms with Gasteiger partial charge in [0.1, 0.15) is 0 Å². The summed E-state index contributed by atoms with van der Waals surface area (Å²) >= 11 is 0. The van der Waals surface area contributed by atoms with Crippen LogP contribution in [0.3, 0.4) is 0 Å². The van der Waals surface area contributed by atoms with E-state index in [0.717, 1.165) is 43.4 Å². The van der Waals surface area contributed by atoms with Gasteiger partial charge in [0.15, 0.2) is 0 Å². The molecule has 3 nitrogen and oxygen atoms in total. The van der Waals surface area contributed by atoms with Gasteiger partial charge in [-0.1, -0.05) is 25.5 Å². The molecule has 0 aliphatic heterocycles. The summed E-state index contributed by atoms with van der Waals surface area (Å²) in [6, 6.07) is 5.54. The number of rotatable bonds is 4. The standard InChI is InChI=1S/C20H27F3N2O.ClH/c1-12(13-5-7-16(8-6-13)20(21,22)23)9-18(26)25-19-14-3-2-4-15(19)11-17(24)10-14;/h5-8,12,14-15,17,19H,2-4,9-11,24H2,1H3,(H,25,26);1H. The Balaban J connectivity index is 0.00000261. The Morgan fingerprint density at radius 3 is 2.26 bits per heavy atom. The van der Waals surface area contributed by atoms with Crippen molar-refractivity contribution in [3.63, 3.8) is 0 Å². The number of nitrogens with one attached hydrogen (secondary N) is 1. The summed E-state index contributed by atoms with van der Waals surface area (Å²) in [5, 5.41) is 3.20. The number of halogens is 4. The first-order valence-corrected chi connectivity index (χ1v) is 9.46. The molecule has 0 saturated heterocycles. The van der Waals surface area contributed by atoms with Gasteiger partial charge in [-0.15, -0.1) is 12.4 Å². The zero-order chi connectivity index (χ0) is 18.9. The highest BCUT2D eigenvalue weighted by molar-refractivity contribution is 5.85. The second-order valence-corrected chi connectivity index (χ2v) is 8.00. The number of alkyl halides is 3. The summed E-state index contributed by atoms with van der Waals surface area (Å²) in [5.74, 6) is 0.781. The molecular weight excluding hydrogens is 377 g/mol. The predicted octanol–water partition coefficient (Wildman–Crippen LogP) is 4.64. The molecule has 0 spiro atoms. The van der Waals surface area contributed by atoms with Crippen molar-refractivity contribution in [2.24, 2.45) is 17.6 Å². The quantitative estimate of drug-likeness (QED) is 0.767. The number of hydrogen-bond donors (Lipinski definition) is 2. The lowest BCUT2D eigenvalue weighted by Gasteiger charge is -2.45. The van der Waals surface area contributed by atoms with E-state index < -0.39 is 11.7 Å². The van der Waals surface area contributed by atoms with E-state index >= 15 is 0 Å². The van der Waals surface area contributed by atoms with E-state index in [0.29, 0.717) is 11.8 Å². The molecule has 3 N–H and O–H groups in total. The first-order chi connectivity index (χ1) is 12.2. The fraction of sp³-hybridized carbons (Fsp3) is 0.650. The van der Waals surface area contributed by atoms with E-state index in [2.05, 4.69) is 5.32 Å². The van der Waals surface area contributed by atoms with Gasteiger partial charge >= 0.3 is 6.18 Å². The zero-order valence-corrected chi connectivity index (χ0v) is 16.3. The number of amides is 1. The van der Waals surface area contributed by atoms with Crippen LogP contribution >= 0.6 is 12.4 Å². The second-order valence-electron chi connectivity index (χ2n) is 8.00. The number of carbonyl (C=O) groups is 1. The third-order valence-electron chi connectivity index (χ3n) is 6.00. The van der Waals surface area contributed by atoms with Crippen molar-refractivity contribution < 1.29 is 18.0 Å². The van der Waals surface area contributed by atoms with E-state index in [1.807, 2.05) is 6.92 Å². The van der Waals surface area contributed by atoms with E-state index in [1.165, 1.54) is 18.6 Å². The molecular formula is C20H28ClF3N2O. The molecule has 1 amide bonds. The van der Waals surface area contributed by atoms with Crippen molar-refractivity contribution in [1.29, 1.82) is 0 Å². The zero-order valence-electron chi connectivity index (χ0n) is 15.5. The minimum absolute atomic E-state index is 0. The first-order valence-electron chi connectivity index (χ1n) is 9.46. The molecule has 3 unspecified atom stereocenters. The third kappa shape index (κ3) is 5.38. The summed E-state index contributed by atoms with van der Waals surface area (Å²) in [7, 11) is 0. The van der Waals surface area contributed by atoms with Crippen molar-refractivity contribution in [2.75, 3.05) is 0 Å². The molecule has 0 aromatic heterocycles. The van der Waals surface area contributed by atoms with E-state index in [9.17, 15) is 18.0 Å². The SMILES string of the molecule is CC(CC(=O)NC1C2CCCC1CC(N)C2)c1ccc(C(F)(F)F)cc1.Cl. The molecule has 2 bridgehead atoms. The summed E-state index contributed by atoms with van der Waals surface area (Å²) in [5.41, 5.74) is 6.21. The molecule has 2 fully saturated rings. The summed E-state index contributed by atoms with van der Waals surface area (Å²) in [4.78, 5) is 12.5. The molecule has 0 heterocycles. The highest BCUT2D eigenvalue weighted by atomic mass is 35.5. The number of carbonyl (C=O) groups excluding carboxylic acids is 1. The predicted molar refractivity (Wildman–Crippen MR) is 102 cm³/mol. The Kier molecular flexibility index (Phi) is 7.20. The summed E-state index contributed by atoms with van der Waals surface area (Å²) in [6.07, 6.45) is 1.32. The fourth-order valence-corrected chi connectivity index (χ4v) is 4.67. The van der Waals surface area contributed by atoms with Crippen LogP contribution in [0.4, 0.5) is 13.2 Å². The van der Waals surface area contributed by atoms with E-state index in [1.54, 1.807) is 0 Å². The van der Waals surface area contributed by atoms with Crippen LogP contribution in [-0.2, 0) is 11.0 Å². The van der Waals surface area contributed by atoms with Crippen molar-refractivity contribution in [2.45, 2.75) is 69.6 Å². The Bertz CT molecular complexity index is 621. The van der Waals surface area contributed by atoms with Gasteiger partial charge < -0.3 is 11.1 Å². The maximum Gasteiger partial charge on any atom is 0.416 e. The largest absolute Gasteiger partial charge is 0.416 e. The number of nitrogens with two attached hydrogens (primary N) is 1. The van der Waals surface area contributed by atoms with Gasteiger partial charge in [0, 0.05) is 18.5 Å². The van der Waals surface area contributed by atoms with Crippen molar-refractivity contribution in [3.8, 4) is 0 Å². The van der Waals surface area contributed by atoms with Gasteiger partial charge in [0.05, 0.1) is 5.56 Å². The smallest absolute Gasteiger partial charge is 0.353 e. The molecule has 3 rings (SSSR count). The Morgan fingerprint density at radius 2 is 1.74 bits per heavy atom. The average molecular weight is 405 g/mol. The Labute approximate surface area is 164 Å². The number of benzene rings is 1. The van der Waals surface area contributed by atoms with Gasteiger partial charge in [0.2, 0.25) is 5.91 Å². The molecule has 2 aliphatic rings. The lowest BCUT2D eigenvalue weighted by molar-refractivity contribution is -0.137. The lowest BCUT2D eigenvalue weighted by Crippen LogP contribution is -2.53. The fourth-order valence-electron chi connectivity index (χ4n) is 4.67.